The number of hydrogen-bond acceptors (Lipinski definition) is 5. The Balaban J connectivity index is 1.35. The Morgan fingerprint density at radius 3 is 2.68 bits per heavy atom. The van der Waals surface area contributed by atoms with E-state index in [2.05, 4.69) is 17.3 Å². The van der Waals surface area contributed by atoms with Crippen LogP contribution in [0.1, 0.15) is 72.1 Å². The van der Waals surface area contributed by atoms with Gasteiger partial charge in [-0.2, -0.15) is 5.10 Å². The minimum atomic E-state index is -0.505. The van der Waals surface area contributed by atoms with Gasteiger partial charge in [0.2, 0.25) is 0 Å². The molecule has 31 heavy (non-hydrogen) atoms. The number of hydrogen-bond donors (Lipinski definition) is 2. The molecule has 5 rings (SSSR count). The zero-order valence-electron chi connectivity index (χ0n) is 19.4. The first-order valence-electron chi connectivity index (χ1n) is 12.6. The molecule has 0 radical (unpaired) electrons. The van der Waals surface area contributed by atoms with Crippen LogP contribution in [0.2, 0.25) is 0 Å². The Bertz CT molecular complexity index is 755. The summed E-state index contributed by atoms with van der Waals surface area (Å²) < 4.78 is 14.3. The van der Waals surface area contributed by atoms with Crippen molar-refractivity contribution in [2.24, 2.45) is 51.9 Å². The van der Waals surface area contributed by atoms with Gasteiger partial charge in [-0.05, 0) is 106 Å². The van der Waals surface area contributed by atoms with Gasteiger partial charge in [-0.3, -0.25) is 14.2 Å². The third kappa shape index (κ3) is 3.61. The van der Waals surface area contributed by atoms with Crippen molar-refractivity contribution in [1.29, 1.82) is 0 Å². The van der Waals surface area contributed by atoms with E-state index in [0.717, 1.165) is 37.9 Å². The van der Waals surface area contributed by atoms with E-state index in [1.807, 2.05) is 18.9 Å². The summed E-state index contributed by atoms with van der Waals surface area (Å²) in [4.78, 5) is 13.4. The van der Waals surface area contributed by atoms with Gasteiger partial charge in [-0.15, -0.1) is 0 Å². The molecule has 5 aliphatic rings. The van der Waals surface area contributed by atoms with E-state index in [1.165, 1.54) is 12.8 Å². The van der Waals surface area contributed by atoms with Gasteiger partial charge < -0.3 is 10.4 Å². The summed E-state index contributed by atoms with van der Waals surface area (Å²) in [6.07, 6.45) is 8.20. The Morgan fingerprint density at radius 1 is 1.19 bits per heavy atom. The van der Waals surface area contributed by atoms with Crippen LogP contribution >= 0.6 is 0 Å². The first kappa shape index (κ1) is 21.7. The SMILES string of the molecule is CC1=NN(CC(=O)[C@H]2C[C@@H](CF)[C@H]3[C@@H]4CC[C@@H]5C[C@](C)(O)CC[C@@H]5[C@H]4CC[C@@]32C)CN1. The molecule has 0 unspecified atom stereocenters. The number of alkyl halides is 1. The topological polar surface area (TPSA) is 64.9 Å². The molecule has 174 valence electrons. The van der Waals surface area contributed by atoms with Crippen LogP contribution in [-0.2, 0) is 4.79 Å². The van der Waals surface area contributed by atoms with Crippen LogP contribution in [0.5, 0.6) is 0 Å². The number of nitrogens with one attached hydrogen (secondary N) is 1. The zero-order chi connectivity index (χ0) is 22.0. The van der Waals surface area contributed by atoms with Crippen LogP contribution in [0.25, 0.3) is 0 Å². The van der Waals surface area contributed by atoms with Gasteiger partial charge in [0, 0.05) is 5.92 Å². The fraction of sp³-hybridized carbons (Fsp3) is 0.920. The second-order valence-corrected chi connectivity index (χ2v) is 12.0. The zero-order valence-corrected chi connectivity index (χ0v) is 19.4. The molecular formula is C25H40FN3O2. The normalized spacial score (nSPS) is 49.0. The summed E-state index contributed by atoms with van der Waals surface area (Å²) in [6.45, 7) is 6.86. The summed E-state index contributed by atoms with van der Waals surface area (Å²) in [5, 5.41) is 20.0. The first-order valence-corrected chi connectivity index (χ1v) is 12.6. The molecule has 0 amide bonds. The number of carbonyl (C=O) groups is 1. The van der Waals surface area contributed by atoms with Crippen LogP contribution in [0.3, 0.4) is 0 Å². The lowest BCUT2D eigenvalue weighted by Gasteiger charge is -2.57. The molecule has 0 spiro atoms. The molecule has 0 aromatic rings. The van der Waals surface area contributed by atoms with Crippen molar-refractivity contribution in [3.63, 3.8) is 0 Å². The van der Waals surface area contributed by atoms with Crippen molar-refractivity contribution in [3.8, 4) is 0 Å². The van der Waals surface area contributed by atoms with Gasteiger partial charge in [-0.25, -0.2) is 0 Å². The summed E-state index contributed by atoms with van der Waals surface area (Å²) >= 11 is 0. The largest absolute Gasteiger partial charge is 0.390 e. The average Bonchev–Trinajstić information content (AvgIpc) is 3.26. The smallest absolute Gasteiger partial charge is 0.157 e. The predicted molar refractivity (Wildman–Crippen MR) is 119 cm³/mol. The molecule has 0 aromatic heterocycles. The van der Waals surface area contributed by atoms with E-state index in [-0.39, 0.29) is 29.7 Å². The highest BCUT2D eigenvalue weighted by molar-refractivity contribution is 5.85. The fourth-order valence-electron chi connectivity index (χ4n) is 8.90. The molecule has 6 heteroatoms. The van der Waals surface area contributed by atoms with Crippen LogP contribution in [0.15, 0.2) is 5.10 Å². The molecular weight excluding hydrogens is 393 g/mol. The van der Waals surface area contributed by atoms with Crippen LogP contribution in [-0.4, -0.2) is 47.2 Å². The van der Waals surface area contributed by atoms with Crippen molar-refractivity contribution in [2.45, 2.75) is 77.7 Å². The van der Waals surface area contributed by atoms with Gasteiger partial charge in [0.15, 0.2) is 5.78 Å². The number of Topliss-reactive ketones (excluding diaryl/α,β-unsaturated/α-hetero) is 1. The number of aliphatic hydroxyl groups is 1. The van der Waals surface area contributed by atoms with Gasteiger partial charge >= 0.3 is 0 Å². The van der Waals surface area contributed by atoms with Gasteiger partial charge in [-0.1, -0.05) is 6.92 Å². The van der Waals surface area contributed by atoms with Gasteiger partial charge in [0.25, 0.3) is 0 Å². The lowest BCUT2D eigenvalue weighted by molar-refractivity contribution is -0.134. The molecule has 4 aliphatic carbocycles. The average molecular weight is 434 g/mol. The van der Waals surface area contributed by atoms with Crippen molar-refractivity contribution in [1.82, 2.24) is 10.3 Å². The summed E-state index contributed by atoms with van der Waals surface area (Å²) in [7, 11) is 0. The van der Waals surface area contributed by atoms with E-state index in [0.29, 0.717) is 49.2 Å². The lowest BCUT2D eigenvalue weighted by Crippen LogP contribution is -2.52. The van der Waals surface area contributed by atoms with E-state index >= 15 is 0 Å². The van der Waals surface area contributed by atoms with E-state index in [9.17, 15) is 14.3 Å². The number of amidine groups is 1. The predicted octanol–water partition coefficient (Wildman–Crippen LogP) is 3.97. The van der Waals surface area contributed by atoms with Crippen molar-refractivity contribution in [3.05, 3.63) is 0 Å². The highest BCUT2D eigenvalue weighted by Crippen LogP contribution is 2.66. The van der Waals surface area contributed by atoms with Crippen LogP contribution in [0, 0.1) is 46.8 Å². The molecule has 1 aliphatic heterocycles. The molecule has 0 bridgehead atoms. The third-order valence-electron chi connectivity index (χ3n) is 10.1. The molecule has 0 aromatic carbocycles. The highest BCUT2D eigenvalue weighted by Gasteiger charge is 2.62. The molecule has 4 saturated carbocycles. The van der Waals surface area contributed by atoms with Crippen LogP contribution in [0.4, 0.5) is 4.39 Å². The number of rotatable bonds is 4. The Hall–Kier alpha value is -1.17. The molecule has 0 saturated heterocycles. The maximum Gasteiger partial charge on any atom is 0.157 e. The Labute approximate surface area is 186 Å². The maximum atomic E-state index is 14.3. The standard InChI is InChI=1S/C25H40FN3O2/c1-15-27-14-29(28-15)13-22(30)21-10-17(12-26)23-20-5-4-16-11-24(2,31)8-6-18(16)19(20)7-9-25(21,23)3/h16-21,23,31H,4-14H2,1-3H3,(H,27,28)/t16-,17+,18+,19-,20-,21-,23+,24-,25-/m1/s1. The van der Waals surface area contributed by atoms with E-state index in [1.54, 1.807) is 0 Å². The number of nitrogens with zero attached hydrogens (tertiary/aromatic N) is 2. The fourth-order valence-corrected chi connectivity index (χ4v) is 8.90. The molecule has 4 fully saturated rings. The molecule has 2 N–H and O–H groups in total. The highest BCUT2D eigenvalue weighted by atomic mass is 19.1. The van der Waals surface area contributed by atoms with Gasteiger partial charge in [0.1, 0.15) is 12.5 Å². The minimum absolute atomic E-state index is 0.0249. The van der Waals surface area contributed by atoms with Crippen molar-refractivity contribution in [2.75, 3.05) is 19.9 Å². The minimum Gasteiger partial charge on any atom is -0.390 e. The van der Waals surface area contributed by atoms with E-state index < -0.39 is 5.60 Å². The second-order valence-electron chi connectivity index (χ2n) is 12.0. The molecule has 5 nitrogen and oxygen atoms in total. The quantitative estimate of drug-likeness (QED) is 0.704. The Kier molecular flexibility index (Phi) is 5.39. The lowest BCUT2D eigenvalue weighted by atomic mass is 9.48. The monoisotopic (exact) mass is 433 g/mol. The van der Waals surface area contributed by atoms with Crippen LogP contribution < -0.4 is 5.32 Å². The maximum absolute atomic E-state index is 14.3. The summed E-state index contributed by atoms with van der Waals surface area (Å²) in [6, 6.07) is 0. The summed E-state index contributed by atoms with van der Waals surface area (Å²) in [5.74, 6) is 3.94. The summed E-state index contributed by atoms with van der Waals surface area (Å²) in [5.41, 5.74) is -0.581. The second kappa shape index (κ2) is 7.71. The van der Waals surface area contributed by atoms with Gasteiger partial charge in [0.05, 0.1) is 18.8 Å². The number of fused-ring (bicyclic) bond motifs is 5. The first-order chi connectivity index (χ1) is 14.7. The number of hydrazone groups is 1. The molecule has 1 heterocycles. The molecule has 9 atom stereocenters. The third-order valence-corrected chi connectivity index (χ3v) is 10.1. The number of ketones is 1. The van der Waals surface area contributed by atoms with E-state index in [4.69, 9.17) is 0 Å². The van der Waals surface area contributed by atoms with Crippen molar-refractivity contribution < 1.29 is 14.3 Å². The number of carbonyl (C=O) groups excluding carboxylic acids is 1. The Morgan fingerprint density at radius 2 is 1.97 bits per heavy atom. The number of halogens is 1. The van der Waals surface area contributed by atoms with Crippen molar-refractivity contribution >= 4 is 11.6 Å².